The minimum Gasteiger partial charge on any atom is -0.480 e. The summed E-state index contributed by atoms with van der Waals surface area (Å²) >= 11 is 0. The molecule has 1 aromatic heterocycles. The molecule has 0 saturated carbocycles. The molecule has 25 heavy (non-hydrogen) atoms. The lowest BCUT2D eigenvalue weighted by molar-refractivity contribution is 0.203. The number of hydrogen-bond acceptors (Lipinski definition) is 6. The van der Waals surface area contributed by atoms with Crippen LogP contribution in [0.15, 0.2) is 48.1 Å². The van der Waals surface area contributed by atoms with Crippen LogP contribution in [0.25, 0.3) is 6.08 Å². The molecule has 0 bridgehead atoms. The number of methoxy groups -OCH3 is 1. The van der Waals surface area contributed by atoms with E-state index in [2.05, 4.69) is 9.97 Å². The van der Waals surface area contributed by atoms with E-state index in [-0.39, 0.29) is 12.6 Å². The third kappa shape index (κ3) is 4.55. The standard InChI is InChI=1S/C17H19N3O4S/c1-23-16-11-18-12-17(19-16)24-15-7-9-20(13-15)25(21,22)10-8-14-5-3-2-4-6-14/h2-6,8,10-12,15H,7,9,13H2,1H3. The van der Waals surface area contributed by atoms with Crippen LogP contribution in [0, 0.1) is 0 Å². The van der Waals surface area contributed by atoms with E-state index in [4.69, 9.17) is 9.47 Å². The molecule has 0 N–H and O–H groups in total. The fraction of sp³-hybridized carbons (Fsp3) is 0.294. The van der Waals surface area contributed by atoms with Crippen molar-refractivity contribution in [2.75, 3.05) is 20.2 Å². The number of benzene rings is 1. The van der Waals surface area contributed by atoms with Gasteiger partial charge in [-0.2, -0.15) is 9.29 Å². The van der Waals surface area contributed by atoms with Gasteiger partial charge < -0.3 is 9.47 Å². The van der Waals surface area contributed by atoms with Crippen molar-refractivity contribution < 1.29 is 17.9 Å². The number of nitrogens with zero attached hydrogens (tertiary/aromatic N) is 3. The molecule has 2 aromatic rings. The average molecular weight is 361 g/mol. The third-order valence-corrected chi connectivity index (χ3v) is 5.32. The van der Waals surface area contributed by atoms with Crippen LogP contribution in [-0.4, -0.2) is 49.0 Å². The van der Waals surface area contributed by atoms with Crippen molar-refractivity contribution in [2.24, 2.45) is 0 Å². The van der Waals surface area contributed by atoms with Gasteiger partial charge in [-0.3, -0.25) is 4.98 Å². The van der Waals surface area contributed by atoms with Crippen molar-refractivity contribution in [3.63, 3.8) is 0 Å². The molecule has 0 amide bonds. The summed E-state index contributed by atoms with van der Waals surface area (Å²) < 4.78 is 37.0. The van der Waals surface area contributed by atoms with Crippen LogP contribution in [0.5, 0.6) is 11.8 Å². The van der Waals surface area contributed by atoms with E-state index in [1.54, 1.807) is 6.08 Å². The summed E-state index contributed by atoms with van der Waals surface area (Å²) in [5.41, 5.74) is 0.838. The van der Waals surface area contributed by atoms with E-state index < -0.39 is 10.0 Å². The van der Waals surface area contributed by atoms with Crippen molar-refractivity contribution in [2.45, 2.75) is 12.5 Å². The summed E-state index contributed by atoms with van der Waals surface area (Å²) in [5, 5.41) is 1.23. The maximum atomic E-state index is 12.4. The predicted molar refractivity (Wildman–Crippen MR) is 93.6 cm³/mol. The topological polar surface area (TPSA) is 81.6 Å². The Morgan fingerprint density at radius 2 is 1.96 bits per heavy atom. The Kier molecular flexibility index (Phi) is 5.30. The van der Waals surface area contributed by atoms with Crippen LogP contribution >= 0.6 is 0 Å². The number of sulfonamides is 1. The van der Waals surface area contributed by atoms with E-state index in [1.807, 2.05) is 30.3 Å². The molecule has 1 fully saturated rings. The molecule has 0 radical (unpaired) electrons. The van der Waals surface area contributed by atoms with Gasteiger partial charge in [-0.15, -0.1) is 0 Å². The highest BCUT2D eigenvalue weighted by atomic mass is 32.2. The van der Waals surface area contributed by atoms with Crippen LogP contribution in [0.4, 0.5) is 0 Å². The SMILES string of the molecule is COc1cncc(OC2CCN(S(=O)(=O)C=Cc3ccccc3)C2)n1. The number of hydrogen-bond donors (Lipinski definition) is 0. The zero-order chi connectivity index (χ0) is 17.7. The second kappa shape index (κ2) is 7.62. The zero-order valence-corrected chi connectivity index (χ0v) is 14.6. The summed E-state index contributed by atoms with van der Waals surface area (Å²) in [5.74, 6) is 0.675. The molecule has 132 valence electrons. The molecule has 2 heterocycles. The minimum absolute atomic E-state index is 0.263. The molecule has 0 aliphatic carbocycles. The summed E-state index contributed by atoms with van der Waals surface area (Å²) in [6.45, 7) is 0.684. The first-order chi connectivity index (χ1) is 12.1. The van der Waals surface area contributed by atoms with Crippen molar-refractivity contribution in [3.8, 4) is 11.8 Å². The number of ether oxygens (including phenoxy) is 2. The lowest BCUT2D eigenvalue weighted by Crippen LogP contribution is -2.29. The fourth-order valence-electron chi connectivity index (χ4n) is 2.50. The van der Waals surface area contributed by atoms with Crippen molar-refractivity contribution in [1.82, 2.24) is 14.3 Å². The van der Waals surface area contributed by atoms with Crippen molar-refractivity contribution in [1.29, 1.82) is 0 Å². The largest absolute Gasteiger partial charge is 0.480 e. The molecule has 0 spiro atoms. The molecule has 1 aromatic carbocycles. The molecule has 3 rings (SSSR count). The van der Waals surface area contributed by atoms with Gasteiger partial charge >= 0.3 is 0 Å². The van der Waals surface area contributed by atoms with E-state index in [9.17, 15) is 8.42 Å². The smallest absolute Gasteiger partial charge is 0.236 e. The monoisotopic (exact) mass is 361 g/mol. The van der Waals surface area contributed by atoms with Crippen molar-refractivity contribution >= 4 is 16.1 Å². The average Bonchev–Trinajstić information content (AvgIpc) is 3.10. The van der Waals surface area contributed by atoms with Crippen LogP contribution < -0.4 is 9.47 Å². The van der Waals surface area contributed by atoms with Gasteiger partial charge in [0.25, 0.3) is 0 Å². The summed E-state index contributed by atoms with van der Waals surface area (Å²) in [6.07, 6.45) is 4.89. The van der Waals surface area contributed by atoms with E-state index in [0.717, 1.165) is 5.56 Å². The van der Waals surface area contributed by atoms with Crippen LogP contribution in [0.1, 0.15) is 12.0 Å². The van der Waals surface area contributed by atoms with Crippen molar-refractivity contribution in [3.05, 3.63) is 53.7 Å². The second-order valence-electron chi connectivity index (χ2n) is 5.54. The zero-order valence-electron chi connectivity index (χ0n) is 13.8. The Labute approximate surface area is 147 Å². The number of aromatic nitrogens is 2. The van der Waals surface area contributed by atoms with Crippen LogP contribution in [-0.2, 0) is 10.0 Å². The number of rotatable bonds is 6. The van der Waals surface area contributed by atoms with Gasteiger partial charge in [-0.05, 0) is 18.1 Å². The lowest BCUT2D eigenvalue weighted by atomic mass is 10.2. The van der Waals surface area contributed by atoms with Gasteiger partial charge in [0, 0.05) is 12.0 Å². The van der Waals surface area contributed by atoms with E-state index >= 15 is 0 Å². The Morgan fingerprint density at radius 1 is 1.20 bits per heavy atom. The Hall–Kier alpha value is -2.45. The molecular formula is C17H19N3O4S. The molecule has 1 atom stereocenters. The molecular weight excluding hydrogens is 342 g/mol. The van der Waals surface area contributed by atoms with Crippen LogP contribution in [0.3, 0.4) is 0 Å². The van der Waals surface area contributed by atoms with Gasteiger partial charge in [0.1, 0.15) is 6.10 Å². The third-order valence-electron chi connectivity index (χ3n) is 3.79. The molecule has 1 aliphatic heterocycles. The van der Waals surface area contributed by atoms with Gasteiger partial charge in [0.15, 0.2) is 0 Å². The van der Waals surface area contributed by atoms with Crippen LogP contribution in [0.2, 0.25) is 0 Å². The first-order valence-electron chi connectivity index (χ1n) is 7.83. The van der Waals surface area contributed by atoms with Gasteiger partial charge in [-0.25, -0.2) is 8.42 Å². The Balaban J connectivity index is 1.62. The maximum Gasteiger partial charge on any atom is 0.236 e. The Bertz CT molecular complexity index is 840. The molecule has 7 nitrogen and oxygen atoms in total. The van der Waals surface area contributed by atoms with E-state index in [0.29, 0.717) is 24.7 Å². The molecule has 1 saturated heterocycles. The lowest BCUT2D eigenvalue weighted by Gasteiger charge is -2.15. The normalized spacial score (nSPS) is 18.5. The summed E-state index contributed by atoms with van der Waals surface area (Å²) in [7, 11) is -1.99. The summed E-state index contributed by atoms with van der Waals surface area (Å²) in [4.78, 5) is 8.10. The van der Waals surface area contributed by atoms with E-state index in [1.165, 1.54) is 29.2 Å². The fourth-order valence-corrected chi connectivity index (χ4v) is 3.73. The first-order valence-corrected chi connectivity index (χ1v) is 9.33. The quantitative estimate of drug-likeness (QED) is 0.782. The second-order valence-corrected chi connectivity index (χ2v) is 7.36. The molecule has 1 unspecified atom stereocenters. The minimum atomic E-state index is -3.48. The Morgan fingerprint density at radius 3 is 2.72 bits per heavy atom. The highest BCUT2D eigenvalue weighted by molar-refractivity contribution is 7.92. The first kappa shape index (κ1) is 17.4. The predicted octanol–water partition coefficient (Wildman–Crippen LogP) is 1.94. The molecule has 8 heteroatoms. The van der Waals surface area contributed by atoms with Gasteiger partial charge in [-0.1, -0.05) is 30.3 Å². The van der Waals surface area contributed by atoms with Gasteiger partial charge in [0.2, 0.25) is 21.8 Å². The summed E-state index contributed by atoms with van der Waals surface area (Å²) in [6, 6.07) is 9.31. The highest BCUT2D eigenvalue weighted by Gasteiger charge is 2.31. The molecule has 1 aliphatic rings. The maximum absolute atomic E-state index is 12.4. The van der Waals surface area contributed by atoms with Gasteiger partial charge in [0.05, 0.1) is 26.0 Å². The highest BCUT2D eigenvalue weighted by Crippen LogP contribution is 2.21.